The Morgan fingerprint density at radius 1 is 1.15 bits per heavy atom. The van der Waals surface area contributed by atoms with Gasteiger partial charge in [-0.05, 0) is 23.1 Å². The van der Waals surface area contributed by atoms with Crippen LogP contribution in [0.5, 0.6) is 0 Å². The second-order valence-corrected chi connectivity index (χ2v) is 5.58. The number of nitrogens with one attached hydrogen (secondary N) is 1. The maximum atomic E-state index is 11.8. The van der Waals surface area contributed by atoms with Gasteiger partial charge in [-0.15, -0.1) is 0 Å². The Morgan fingerprint density at radius 3 is 2.25 bits per heavy atom. The first-order valence-electron chi connectivity index (χ1n) is 6.20. The molecule has 0 spiro atoms. The molecule has 0 fully saturated rings. The predicted molar refractivity (Wildman–Crippen MR) is 76.1 cm³/mol. The zero-order chi connectivity index (χ0) is 14.9. The van der Waals surface area contributed by atoms with Crippen LogP contribution in [0.4, 0.5) is 0 Å². The molecule has 0 amide bonds. The predicted octanol–water partition coefficient (Wildman–Crippen LogP) is 1.69. The average Bonchev–Trinajstić information content (AvgIpc) is 2.38. The third kappa shape index (κ3) is 2.54. The summed E-state index contributed by atoms with van der Waals surface area (Å²) in [6, 6.07) is 9.21. The van der Waals surface area contributed by atoms with Crippen molar-refractivity contribution in [1.29, 1.82) is 5.26 Å². The highest BCUT2D eigenvalue weighted by atomic mass is 16.2. The molecule has 0 saturated carbocycles. The van der Waals surface area contributed by atoms with Crippen LogP contribution in [0.3, 0.4) is 0 Å². The van der Waals surface area contributed by atoms with Gasteiger partial charge >= 0.3 is 5.69 Å². The highest BCUT2D eigenvalue weighted by Crippen LogP contribution is 2.22. The number of hydrogen-bond acceptors (Lipinski definition) is 3. The zero-order valence-electron chi connectivity index (χ0n) is 11.6. The average molecular weight is 269 g/mol. The fourth-order valence-corrected chi connectivity index (χ4v) is 1.86. The van der Waals surface area contributed by atoms with Crippen molar-refractivity contribution in [2.45, 2.75) is 26.2 Å². The van der Waals surface area contributed by atoms with Crippen LogP contribution in [0.1, 0.15) is 31.9 Å². The Morgan fingerprint density at radius 2 is 1.75 bits per heavy atom. The van der Waals surface area contributed by atoms with E-state index in [2.05, 4.69) is 25.8 Å². The molecule has 0 atom stereocenters. The summed E-state index contributed by atoms with van der Waals surface area (Å²) in [5.74, 6) is 0. The van der Waals surface area contributed by atoms with Crippen LogP contribution in [0.2, 0.25) is 0 Å². The number of benzene rings is 1. The number of nitrogens with zero attached hydrogens (tertiary/aromatic N) is 2. The molecule has 2 aromatic rings. The van der Waals surface area contributed by atoms with E-state index >= 15 is 0 Å². The quantitative estimate of drug-likeness (QED) is 0.855. The molecule has 20 heavy (non-hydrogen) atoms. The largest absolute Gasteiger partial charge is 0.332 e. The van der Waals surface area contributed by atoms with Crippen LogP contribution in [0.25, 0.3) is 5.69 Å². The minimum absolute atomic E-state index is 0.0201. The van der Waals surface area contributed by atoms with Gasteiger partial charge in [-0.25, -0.2) is 4.79 Å². The third-order valence-electron chi connectivity index (χ3n) is 3.07. The van der Waals surface area contributed by atoms with E-state index in [4.69, 9.17) is 5.26 Å². The number of aromatic amines is 1. The zero-order valence-corrected chi connectivity index (χ0v) is 11.6. The molecule has 0 saturated heterocycles. The lowest BCUT2D eigenvalue weighted by Crippen LogP contribution is -2.30. The number of hydrogen-bond donors (Lipinski definition) is 1. The lowest BCUT2D eigenvalue weighted by Gasteiger charge is -2.19. The highest BCUT2D eigenvalue weighted by molar-refractivity contribution is 5.38. The first kappa shape index (κ1) is 13.8. The molecule has 0 radical (unpaired) electrons. The van der Waals surface area contributed by atoms with Gasteiger partial charge in [0.15, 0.2) is 0 Å². The smallest absolute Gasteiger partial charge is 0.273 e. The van der Waals surface area contributed by atoms with Gasteiger partial charge in [0.1, 0.15) is 11.6 Å². The van der Waals surface area contributed by atoms with Crippen molar-refractivity contribution in [3.05, 3.63) is 62.4 Å². The van der Waals surface area contributed by atoms with Gasteiger partial charge in [0.2, 0.25) is 0 Å². The van der Waals surface area contributed by atoms with Gasteiger partial charge < -0.3 is 0 Å². The fraction of sp³-hybridized carbons (Fsp3) is 0.267. The highest BCUT2D eigenvalue weighted by Gasteiger charge is 2.13. The Labute approximate surface area is 116 Å². The van der Waals surface area contributed by atoms with Gasteiger partial charge in [-0.2, -0.15) is 5.26 Å². The van der Waals surface area contributed by atoms with Crippen LogP contribution >= 0.6 is 0 Å². The number of H-pyrrole nitrogens is 1. The van der Waals surface area contributed by atoms with Gasteiger partial charge in [0.05, 0.1) is 5.69 Å². The lowest BCUT2D eigenvalue weighted by molar-refractivity contribution is 0.590. The maximum Gasteiger partial charge on any atom is 0.332 e. The van der Waals surface area contributed by atoms with E-state index in [1.54, 1.807) is 18.2 Å². The number of nitriles is 1. The second-order valence-electron chi connectivity index (χ2n) is 5.58. The Hall–Kier alpha value is -2.61. The molecule has 0 aliphatic carbocycles. The van der Waals surface area contributed by atoms with E-state index in [0.29, 0.717) is 5.69 Å². The van der Waals surface area contributed by atoms with Crippen molar-refractivity contribution < 1.29 is 0 Å². The van der Waals surface area contributed by atoms with Crippen LogP contribution in [0.15, 0.2) is 40.1 Å². The number of rotatable bonds is 1. The molecule has 5 heteroatoms. The van der Waals surface area contributed by atoms with Crippen LogP contribution in [-0.4, -0.2) is 9.55 Å². The van der Waals surface area contributed by atoms with Crippen LogP contribution in [0, 0.1) is 11.3 Å². The van der Waals surface area contributed by atoms with Crippen molar-refractivity contribution in [2.24, 2.45) is 0 Å². The van der Waals surface area contributed by atoms with E-state index in [0.717, 1.165) is 5.56 Å². The maximum absolute atomic E-state index is 11.8. The minimum atomic E-state index is -0.667. The normalized spacial score (nSPS) is 11.1. The molecular weight excluding hydrogens is 254 g/mol. The van der Waals surface area contributed by atoms with Crippen molar-refractivity contribution in [3.8, 4) is 11.8 Å². The van der Waals surface area contributed by atoms with Crippen molar-refractivity contribution in [1.82, 2.24) is 9.55 Å². The van der Waals surface area contributed by atoms with Crippen LogP contribution in [-0.2, 0) is 5.41 Å². The second kappa shape index (κ2) is 4.82. The van der Waals surface area contributed by atoms with E-state index in [-0.39, 0.29) is 11.0 Å². The van der Waals surface area contributed by atoms with Gasteiger partial charge in [0, 0.05) is 6.20 Å². The first-order chi connectivity index (χ1) is 9.32. The summed E-state index contributed by atoms with van der Waals surface area (Å²) in [5.41, 5.74) is 0.448. The first-order valence-corrected chi connectivity index (χ1v) is 6.20. The molecule has 102 valence electrons. The van der Waals surface area contributed by atoms with Gasteiger partial charge in [0.25, 0.3) is 5.56 Å². The molecule has 1 aromatic carbocycles. The monoisotopic (exact) mass is 269 g/mol. The molecular formula is C15H15N3O2. The Bertz CT molecular complexity index is 784. The molecule has 0 unspecified atom stereocenters. The van der Waals surface area contributed by atoms with Crippen molar-refractivity contribution in [2.75, 3.05) is 0 Å². The molecule has 0 aliphatic rings. The summed E-state index contributed by atoms with van der Waals surface area (Å²) in [6.07, 6.45) is 1.26. The summed E-state index contributed by atoms with van der Waals surface area (Å²) in [4.78, 5) is 25.3. The standard InChI is InChI=1S/C15H15N3O2/c1-15(2,3)11-4-6-12(7-5-11)18-9-10(8-16)13(19)17-14(18)20/h4-7,9H,1-3H3,(H,17,19,20). The third-order valence-corrected chi connectivity index (χ3v) is 3.07. The summed E-state index contributed by atoms with van der Waals surface area (Å²) in [7, 11) is 0. The molecule has 2 rings (SSSR count). The lowest BCUT2D eigenvalue weighted by atomic mass is 9.87. The molecule has 1 aromatic heterocycles. The van der Waals surface area contributed by atoms with Crippen molar-refractivity contribution in [3.63, 3.8) is 0 Å². The summed E-state index contributed by atoms with van der Waals surface area (Å²) in [5, 5.41) is 8.85. The summed E-state index contributed by atoms with van der Waals surface area (Å²) >= 11 is 0. The molecule has 1 heterocycles. The van der Waals surface area contributed by atoms with E-state index in [9.17, 15) is 9.59 Å². The summed E-state index contributed by atoms with van der Waals surface area (Å²) < 4.78 is 1.26. The van der Waals surface area contributed by atoms with Gasteiger partial charge in [-0.1, -0.05) is 32.9 Å². The Kier molecular flexibility index (Phi) is 3.33. The minimum Gasteiger partial charge on any atom is -0.273 e. The number of aromatic nitrogens is 2. The molecule has 5 nitrogen and oxygen atoms in total. The van der Waals surface area contributed by atoms with Crippen LogP contribution < -0.4 is 11.2 Å². The van der Waals surface area contributed by atoms with E-state index in [1.807, 2.05) is 12.1 Å². The Balaban J connectivity index is 2.56. The molecule has 0 aliphatic heterocycles. The van der Waals surface area contributed by atoms with E-state index < -0.39 is 11.2 Å². The summed E-state index contributed by atoms with van der Waals surface area (Å²) in [6.45, 7) is 6.30. The topological polar surface area (TPSA) is 78.7 Å². The van der Waals surface area contributed by atoms with Crippen molar-refractivity contribution >= 4 is 0 Å². The van der Waals surface area contributed by atoms with Gasteiger partial charge in [-0.3, -0.25) is 14.3 Å². The van der Waals surface area contributed by atoms with E-state index in [1.165, 1.54) is 10.8 Å². The SMILES string of the molecule is CC(C)(C)c1ccc(-n2cc(C#N)c(=O)[nH]c2=O)cc1. The fourth-order valence-electron chi connectivity index (χ4n) is 1.86. The molecule has 0 bridgehead atoms. The molecule has 1 N–H and O–H groups in total.